The van der Waals surface area contributed by atoms with Crippen LogP contribution in [0, 0.1) is 13.8 Å². The topological polar surface area (TPSA) is 43.8 Å². The molecule has 2 rings (SSSR count). The minimum absolute atomic E-state index is 0.797. The second-order valence-corrected chi connectivity index (χ2v) is 5.69. The van der Waals surface area contributed by atoms with Gasteiger partial charge in [0.1, 0.15) is 11.5 Å². The summed E-state index contributed by atoms with van der Waals surface area (Å²) in [6.45, 7) is 6.46. The van der Waals surface area contributed by atoms with E-state index in [4.69, 9.17) is 5.73 Å². The zero-order valence-corrected chi connectivity index (χ0v) is 11.7. The van der Waals surface area contributed by atoms with E-state index in [2.05, 4.69) is 31.9 Å². The molecule has 2 N–H and O–H groups in total. The molecule has 3 nitrogen and oxygen atoms in total. The van der Waals surface area contributed by atoms with Crippen LogP contribution in [0.25, 0.3) is 10.6 Å². The van der Waals surface area contributed by atoms with E-state index in [9.17, 15) is 0 Å². The van der Waals surface area contributed by atoms with E-state index in [1.165, 1.54) is 20.9 Å². The molecule has 0 bridgehead atoms. The van der Waals surface area contributed by atoms with Gasteiger partial charge in [0.15, 0.2) is 0 Å². The zero-order valence-electron chi connectivity index (χ0n) is 10.9. The number of nitrogen functional groups attached to an aromatic ring is 1. The van der Waals surface area contributed by atoms with Crippen LogP contribution in [0.1, 0.15) is 29.3 Å². The lowest BCUT2D eigenvalue weighted by molar-refractivity contribution is 0.781. The molecule has 0 amide bonds. The van der Waals surface area contributed by atoms with Crippen molar-refractivity contribution >= 4 is 17.2 Å². The maximum Gasteiger partial charge on any atom is 0.125 e. The van der Waals surface area contributed by atoms with Crippen LogP contribution in [0.2, 0.25) is 0 Å². The normalized spacial score (nSPS) is 11.1. The van der Waals surface area contributed by atoms with Crippen LogP contribution in [0.3, 0.4) is 0 Å². The van der Waals surface area contributed by atoms with Gasteiger partial charge in [-0.2, -0.15) is 5.10 Å². The van der Waals surface area contributed by atoms with E-state index >= 15 is 0 Å². The summed E-state index contributed by atoms with van der Waals surface area (Å²) in [6, 6.07) is 2.21. The van der Waals surface area contributed by atoms with Crippen LogP contribution >= 0.6 is 11.3 Å². The molecule has 0 saturated heterocycles. The third kappa shape index (κ3) is 2.09. The Labute approximate surface area is 106 Å². The molecule has 0 aliphatic heterocycles. The highest BCUT2D eigenvalue weighted by Gasteiger charge is 2.16. The summed E-state index contributed by atoms with van der Waals surface area (Å²) >= 11 is 1.80. The van der Waals surface area contributed by atoms with E-state index < -0.39 is 0 Å². The highest BCUT2D eigenvalue weighted by atomic mass is 32.1. The highest BCUT2D eigenvalue weighted by molar-refractivity contribution is 7.15. The summed E-state index contributed by atoms with van der Waals surface area (Å²) in [5.41, 5.74) is 9.66. The Kier molecular flexibility index (Phi) is 3.24. The number of aromatic nitrogens is 2. The molecule has 2 heterocycles. The fraction of sp³-hybridized carbons (Fsp3) is 0.462. The van der Waals surface area contributed by atoms with Crippen LogP contribution in [0.15, 0.2) is 6.07 Å². The molecular formula is C13H19N3S. The summed E-state index contributed by atoms with van der Waals surface area (Å²) in [4.78, 5) is 2.59. The number of thiophene rings is 1. The highest BCUT2D eigenvalue weighted by Crippen LogP contribution is 2.34. The van der Waals surface area contributed by atoms with Crippen molar-refractivity contribution in [2.24, 2.45) is 7.05 Å². The fourth-order valence-electron chi connectivity index (χ4n) is 1.97. The molecular weight excluding hydrogens is 230 g/mol. The third-order valence-corrected chi connectivity index (χ3v) is 4.25. The summed E-state index contributed by atoms with van der Waals surface area (Å²) in [5, 5.41) is 4.56. The summed E-state index contributed by atoms with van der Waals surface area (Å²) in [6.07, 6.45) is 2.08. The number of aryl methyl sites for hydroxylation is 3. The Morgan fingerprint density at radius 2 is 2.12 bits per heavy atom. The van der Waals surface area contributed by atoms with Crippen LogP contribution in [-0.4, -0.2) is 9.78 Å². The van der Waals surface area contributed by atoms with E-state index in [0.29, 0.717) is 0 Å². The number of anilines is 1. The largest absolute Gasteiger partial charge is 0.384 e. The fourth-order valence-corrected chi connectivity index (χ4v) is 3.01. The molecule has 4 heteroatoms. The molecule has 0 aliphatic carbocycles. The van der Waals surface area contributed by atoms with E-state index in [0.717, 1.165) is 24.4 Å². The minimum atomic E-state index is 0.797. The van der Waals surface area contributed by atoms with Crippen LogP contribution < -0.4 is 5.73 Å². The first kappa shape index (κ1) is 12.2. The predicted octanol–water partition coefficient (Wildman–Crippen LogP) is 3.30. The SMILES string of the molecule is CCCc1c(-c2cc(C)c(C)s2)nn(C)c1N. The van der Waals surface area contributed by atoms with Gasteiger partial charge in [-0.25, -0.2) is 0 Å². The molecule has 0 atom stereocenters. The van der Waals surface area contributed by atoms with Gasteiger partial charge in [0.05, 0.1) is 4.88 Å². The van der Waals surface area contributed by atoms with Crippen molar-refractivity contribution in [2.75, 3.05) is 5.73 Å². The lowest BCUT2D eigenvalue weighted by Gasteiger charge is -1.99. The second-order valence-electron chi connectivity index (χ2n) is 4.44. The molecule has 0 aromatic carbocycles. The Morgan fingerprint density at radius 1 is 1.41 bits per heavy atom. The summed E-state index contributed by atoms with van der Waals surface area (Å²) in [7, 11) is 1.91. The molecule has 2 aromatic rings. The van der Waals surface area contributed by atoms with Gasteiger partial charge in [0.2, 0.25) is 0 Å². The number of nitrogens with two attached hydrogens (primary N) is 1. The number of nitrogens with zero attached hydrogens (tertiary/aromatic N) is 2. The lowest BCUT2D eigenvalue weighted by Crippen LogP contribution is -1.99. The number of hydrogen-bond acceptors (Lipinski definition) is 3. The van der Waals surface area contributed by atoms with Crippen molar-refractivity contribution in [3.63, 3.8) is 0 Å². The predicted molar refractivity (Wildman–Crippen MR) is 74.4 cm³/mol. The standard InChI is InChI=1S/C13H19N3S/c1-5-6-10-12(15-16(4)13(10)14)11-7-8(2)9(3)17-11/h7H,5-6,14H2,1-4H3. The van der Waals surface area contributed by atoms with Gasteiger partial charge in [-0.15, -0.1) is 11.3 Å². The van der Waals surface area contributed by atoms with Crippen molar-refractivity contribution in [3.05, 3.63) is 22.1 Å². The first-order chi connectivity index (χ1) is 8.04. The molecule has 0 saturated carbocycles. The summed E-state index contributed by atoms with van der Waals surface area (Å²) in [5.74, 6) is 0.797. The second kappa shape index (κ2) is 4.53. The van der Waals surface area contributed by atoms with Crippen LogP contribution in [0.4, 0.5) is 5.82 Å². The van der Waals surface area contributed by atoms with Gasteiger partial charge in [-0.3, -0.25) is 4.68 Å². The maximum atomic E-state index is 6.08. The molecule has 0 unspecified atom stereocenters. The van der Waals surface area contributed by atoms with Crippen molar-refractivity contribution in [2.45, 2.75) is 33.6 Å². The third-order valence-electron chi connectivity index (χ3n) is 3.09. The van der Waals surface area contributed by atoms with Crippen molar-refractivity contribution in [3.8, 4) is 10.6 Å². The smallest absolute Gasteiger partial charge is 0.125 e. The van der Waals surface area contributed by atoms with Crippen LogP contribution in [0.5, 0.6) is 0 Å². The Morgan fingerprint density at radius 3 is 2.65 bits per heavy atom. The van der Waals surface area contributed by atoms with Crippen molar-refractivity contribution in [1.29, 1.82) is 0 Å². The summed E-state index contributed by atoms with van der Waals surface area (Å²) < 4.78 is 1.78. The minimum Gasteiger partial charge on any atom is -0.384 e. The van der Waals surface area contributed by atoms with Crippen molar-refractivity contribution < 1.29 is 0 Å². The van der Waals surface area contributed by atoms with Crippen molar-refractivity contribution in [1.82, 2.24) is 9.78 Å². The molecule has 0 radical (unpaired) electrons. The van der Waals surface area contributed by atoms with E-state index in [1.54, 1.807) is 16.0 Å². The van der Waals surface area contributed by atoms with Gasteiger partial charge < -0.3 is 5.73 Å². The van der Waals surface area contributed by atoms with Gasteiger partial charge in [-0.1, -0.05) is 13.3 Å². The quantitative estimate of drug-likeness (QED) is 0.907. The first-order valence-electron chi connectivity index (χ1n) is 5.93. The Balaban J connectivity index is 2.54. The maximum absolute atomic E-state index is 6.08. The number of hydrogen-bond donors (Lipinski definition) is 1. The van der Waals surface area contributed by atoms with Gasteiger partial charge in [0.25, 0.3) is 0 Å². The monoisotopic (exact) mass is 249 g/mol. The van der Waals surface area contributed by atoms with E-state index in [-0.39, 0.29) is 0 Å². The van der Waals surface area contributed by atoms with Gasteiger partial charge in [0, 0.05) is 17.5 Å². The van der Waals surface area contributed by atoms with Crippen LogP contribution in [-0.2, 0) is 13.5 Å². The lowest BCUT2D eigenvalue weighted by atomic mass is 10.1. The Bertz CT molecular complexity index is 518. The molecule has 0 fully saturated rings. The van der Waals surface area contributed by atoms with Gasteiger partial charge in [-0.05, 0) is 31.9 Å². The zero-order chi connectivity index (χ0) is 12.6. The molecule has 17 heavy (non-hydrogen) atoms. The molecule has 2 aromatic heterocycles. The first-order valence-corrected chi connectivity index (χ1v) is 6.75. The average Bonchev–Trinajstić information content (AvgIpc) is 2.75. The van der Waals surface area contributed by atoms with E-state index in [1.807, 2.05) is 7.05 Å². The van der Waals surface area contributed by atoms with Gasteiger partial charge >= 0.3 is 0 Å². The number of rotatable bonds is 3. The molecule has 0 aliphatic rings. The Hall–Kier alpha value is -1.29. The molecule has 0 spiro atoms. The molecule has 92 valence electrons. The average molecular weight is 249 g/mol.